The molecule has 1 saturated carbocycles. The SMILES string of the molecule is C[C@@H](NC(=O)CN(C1CCCCC1)S(=O)(=O)c1ccc(F)cc1)c1ccccc1. The second-order valence-electron chi connectivity index (χ2n) is 7.50. The van der Waals surface area contributed by atoms with Gasteiger partial charge in [0.1, 0.15) is 5.82 Å². The molecular formula is C22H27FN2O3S. The van der Waals surface area contributed by atoms with E-state index in [1.807, 2.05) is 37.3 Å². The number of carbonyl (C=O) groups is 1. The molecule has 29 heavy (non-hydrogen) atoms. The number of amides is 1. The van der Waals surface area contributed by atoms with Crippen LogP contribution in [0.1, 0.15) is 50.6 Å². The third-order valence-corrected chi connectivity index (χ3v) is 7.29. The van der Waals surface area contributed by atoms with Gasteiger partial charge in [0.05, 0.1) is 17.5 Å². The lowest BCUT2D eigenvalue weighted by Gasteiger charge is -2.33. The molecule has 3 rings (SSSR count). The van der Waals surface area contributed by atoms with Crippen LogP contribution in [-0.2, 0) is 14.8 Å². The molecule has 156 valence electrons. The topological polar surface area (TPSA) is 66.5 Å². The fourth-order valence-corrected chi connectivity index (χ4v) is 5.42. The molecule has 2 aromatic rings. The molecular weight excluding hydrogens is 391 g/mol. The van der Waals surface area contributed by atoms with Crippen molar-refractivity contribution >= 4 is 15.9 Å². The van der Waals surface area contributed by atoms with Crippen LogP contribution in [0.4, 0.5) is 4.39 Å². The fourth-order valence-electron chi connectivity index (χ4n) is 3.78. The van der Waals surface area contributed by atoms with Gasteiger partial charge in [-0.15, -0.1) is 0 Å². The van der Waals surface area contributed by atoms with Gasteiger partial charge in [0.25, 0.3) is 0 Å². The predicted octanol–water partition coefficient (Wildman–Crippen LogP) is 4.03. The van der Waals surface area contributed by atoms with Gasteiger partial charge in [-0.1, -0.05) is 49.6 Å². The Morgan fingerprint density at radius 1 is 1.07 bits per heavy atom. The Bertz CT molecular complexity index is 911. The zero-order chi connectivity index (χ0) is 20.9. The number of rotatable bonds is 7. The van der Waals surface area contributed by atoms with E-state index in [1.54, 1.807) is 0 Å². The number of halogens is 1. The summed E-state index contributed by atoms with van der Waals surface area (Å²) in [4.78, 5) is 12.7. The minimum atomic E-state index is -3.91. The van der Waals surface area contributed by atoms with Crippen LogP contribution in [0.2, 0.25) is 0 Å². The number of benzene rings is 2. The van der Waals surface area contributed by atoms with Gasteiger partial charge in [-0.2, -0.15) is 4.31 Å². The summed E-state index contributed by atoms with van der Waals surface area (Å²) in [5, 5.41) is 2.89. The van der Waals surface area contributed by atoms with E-state index in [4.69, 9.17) is 0 Å². The van der Waals surface area contributed by atoms with E-state index in [0.29, 0.717) is 0 Å². The van der Waals surface area contributed by atoms with Crippen molar-refractivity contribution < 1.29 is 17.6 Å². The number of sulfonamides is 1. The molecule has 0 unspecified atom stereocenters. The number of nitrogens with zero attached hydrogens (tertiary/aromatic N) is 1. The van der Waals surface area contributed by atoms with Crippen molar-refractivity contribution in [2.75, 3.05) is 6.54 Å². The molecule has 0 heterocycles. The maximum absolute atomic E-state index is 13.3. The Morgan fingerprint density at radius 3 is 2.31 bits per heavy atom. The maximum atomic E-state index is 13.3. The van der Waals surface area contributed by atoms with Crippen molar-refractivity contribution in [2.45, 2.75) is 56.0 Å². The molecule has 1 N–H and O–H groups in total. The van der Waals surface area contributed by atoms with Crippen molar-refractivity contribution in [2.24, 2.45) is 0 Å². The molecule has 1 atom stereocenters. The smallest absolute Gasteiger partial charge is 0.243 e. The minimum Gasteiger partial charge on any atom is -0.348 e. The number of nitrogens with one attached hydrogen (secondary N) is 1. The standard InChI is InChI=1S/C22H27FN2O3S/c1-17(18-8-4-2-5-9-18)24-22(26)16-25(20-10-6-3-7-11-20)29(27,28)21-14-12-19(23)13-15-21/h2,4-5,8-9,12-15,17,20H,3,6-7,10-11,16H2,1H3,(H,24,26)/t17-/m1/s1. The Labute approximate surface area is 172 Å². The van der Waals surface area contributed by atoms with Crippen LogP contribution in [0.25, 0.3) is 0 Å². The van der Waals surface area contributed by atoms with Gasteiger partial charge >= 0.3 is 0 Å². The van der Waals surface area contributed by atoms with Gasteiger partial charge in [-0.05, 0) is 49.6 Å². The average Bonchev–Trinajstić information content (AvgIpc) is 2.73. The molecule has 1 amide bonds. The van der Waals surface area contributed by atoms with Gasteiger partial charge in [-0.25, -0.2) is 12.8 Å². The Hall–Kier alpha value is -2.25. The number of hydrogen-bond acceptors (Lipinski definition) is 3. The largest absolute Gasteiger partial charge is 0.348 e. The van der Waals surface area contributed by atoms with E-state index in [-0.39, 0.29) is 29.4 Å². The zero-order valence-corrected chi connectivity index (χ0v) is 17.4. The van der Waals surface area contributed by atoms with Crippen LogP contribution >= 0.6 is 0 Å². The number of hydrogen-bond donors (Lipinski definition) is 1. The summed E-state index contributed by atoms with van der Waals surface area (Å²) in [5.74, 6) is -0.847. The molecule has 1 fully saturated rings. The summed E-state index contributed by atoms with van der Waals surface area (Å²) in [6.07, 6.45) is 4.38. The van der Waals surface area contributed by atoms with E-state index in [0.717, 1.165) is 49.8 Å². The van der Waals surface area contributed by atoms with Crippen LogP contribution in [0.5, 0.6) is 0 Å². The molecule has 0 bridgehead atoms. The molecule has 0 radical (unpaired) electrons. The lowest BCUT2D eigenvalue weighted by atomic mass is 9.95. The van der Waals surface area contributed by atoms with E-state index >= 15 is 0 Å². The average molecular weight is 419 g/mol. The maximum Gasteiger partial charge on any atom is 0.243 e. The van der Waals surface area contributed by atoms with Gasteiger partial charge in [-0.3, -0.25) is 4.79 Å². The van der Waals surface area contributed by atoms with E-state index < -0.39 is 15.8 Å². The van der Waals surface area contributed by atoms with Crippen LogP contribution < -0.4 is 5.32 Å². The van der Waals surface area contributed by atoms with E-state index in [1.165, 1.54) is 16.4 Å². The van der Waals surface area contributed by atoms with Gasteiger partial charge in [0.2, 0.25) is 15.9 Å². The molecule has 0 aliphatic heterocycles. The van der Waals surface area contributed by atoms with Crippen molar-refractivity contribution in [1.82, 2.24) is 9.62 Å². The summed E-state index contributed by atoms with van der Waals surface area (Å²) in [7, 11) is -3.91. The van der Waals surface area contributed by atoms with Gasteiger partial charge in [0.15, 0.2) is 0 Å². The quantitative estimate of drug-likeness (QED) is 0.738. The summed E-state index contributed by atoms with van der Waals surface area (Å²) in [6.45, 7) is 1.62. The molecule has 1 aliphatic carbocycles. The van der Waals surface area contributed by atoms with Crippen molar-refractivity contribution in [3.8, 4) is 0 Å². The lowest BCUT2D eigenvalue weighted by molar-refractivity contribution is -0.122. The monoisotopic (exact) mass is 418 g/mol. The first-order valence-electron chi connectivity index (χ1n) is 9.99. The minimum absolute atomic E-state index is 0.00776. The first kappa shape index (κ1) is 21.5. The molecule has 0 aromatic heterocycles. The molecule has 0 spiro atoms. The predicted molar refractivity (Wildman–Crippen MR) is 110 cm³/mol. The van der Waals surface area contributed by atoms with Crippen molar-refractivity contribution in [3.05, 3.63) is 66.0 Å². The molecule has 2 aromatic carbocycles. The molecule has 0 saturated heterocycles. The Balaban J connectivity index is 1.80. The van der Waals surface area contributed by atoms with Crippen LogP contribution in [0, 0.1) is 5.82 Å². The fraction of sp³-hybridized carbons (Fsp3) is 0.409. The van der Waals surface area contributed by atoms with Gasteiger partial charge < -0.3 is 5.32 Å². The second kappa shape index (κ2) is 9.50. The first-order chi connectivity index (χ1) is 13.9. The summed E-state index contributed by atoms with van der Waals surface area (Å²) in [6, 6.07) is 13.8. The lowest BCUT2D eigenvalue weighted by Crippen LogP contribution is -2.47. The molecule has 5 nitrogen and oxygen atoms in total. The zero-order valence-electron chi connectivity index (χ0n) is 16.6. The molecule has 7 heteroatoms. The van der Waals surface area contributed by atoms with Crippen LogP contribution in [-0.4, -0.2) is 31.2 Å². The van der Waals surface area contributed by atoms with Crippen molar-refractivity contribution in [1.29, 1.82) is 0 Å². The van der Waals surface area contributed by atoms with E-state index in [9.17, 15) is 17.6 Å². The Morgan fingerprint density at radius 2 is 1.69 bits per heavy atom. The highest BCUT2D eigenvalue weighted by atomic mass is 32.2. The van der Waals surface area contributed by atoms with Crippen LogP contribution in [0.15, 0.2) is 59.5 Å². The third-order valence-electron chi connectivity index (χ3n) is 5.38. The highest BCUT2D eigenvalue weighted by molar-refractivity contribution is 7.89. The summed E-state index contributed by atoms with van der Waals surface area (Å²) < 4.78 is 41.1. The highest BCUT2D eigenvalue weighted by Crippen LogP contribution is 2.28. The van der Waals surface area contributed by atoms with Crippen molar-refractivity contribution in [3.63, 3.8) is 0 Å². The highest BCUT2D eigenvalue weighted by Gasteiger charge is 2.34. The second-order valence-corrected chi connectivity index (χ2v) is 9.39. The Kier molecular flexibility index (Phi) is 7.03. The van der Waals surface area contributed by atoms with Crippen LogP contribution in [0.3, 0.4) is 0 Å². The first-order valence-corrected chi connectivity index (χ1v) is 11.4. The third kappa shape index (κ3) is 5.42. The number of carbonyl (C=O) groups excluding carboxylic acids is 1. The normalized spacial score (nSPS) is 16.5. The summed E-state index contributed by atoms with van der Waals surface area (Å²) >= 11 is 0. The van der Waals surface area contributed by atoms with Gasteiger partial charge in [0, 0.05) is 6.04 Å². The van der Waals surface area contributed by atoms with E-state index in [2.05, 4.69) is 5.32 Å². The molecule has 1 aliphatic rings. The summed E-state index contributed by atoms with van der Waals surface area (Å²) in [5.41, 5.74) is 0.950.